The highest BCUT2D eigenvalue weighted by Crippen LogP contribution is 2.10. The Balaban J connectivity index is 1.71. The van der Waals surface area contributed by atoms with Gasteiger partial charge in [0.25, 0.3) is 0 Å². The quantitative estimate of drug-likeness (QED) is 0.866. The van der Waals surface area contributed by atoms with Crippen molar-refractivity contribution in [1.29, 1.82) is 0 Å². The van der Waals surface area contributed by atoms with E-state index in [1.165, 1.54) is 44.3 Å². The molecule has 0 bridgehead atoms. The Hall–Kier alpha value is -1.13. The molecule has 1 aliphatic rings. The van der Waals surface area contributed by atoms with Gasteiger partial charge in [-0.2, -0.15) is 0 Å². The van der Waals surface area contributed by atoms with Crippen LogP contribution in [0.3, 0.4) is 0 Å². The topological polar surface area (TPSA) is 37.4 Å². The summed E-state index contributed by atoms with van der Waals surface area (Å²) in [5.74, 6) is 0.673. The first-order valence-electron chi connectivity index (χ1n) is 7.72. The zero-order chi connectivity index (χ0) is 14.2. The van der Waals surface area contributed by atoms with Gasteiger partial charge in [-0.1, -0.05) is 18.9 Å². The van der Waals surface area contributed by atoms with Crippen molar-refractivity contribution in [3.05, 3.63) is 23.9 Å². The van der Waals surface area contributed by atoms with Gasteiger partial charge in [-0.25, -0.2) is 4.98 Å². The van der Waals surface area contributed by atoms with E-state index in [1.54, 1.807) is 7.11 Å². The monoisotopic (exact) mass is 277 g/mol. The van der Waals surface area contributed by atoms with Crippen LogP contribution >= 0.6 is 0 Å². The Bertz CT molecular complexity index is 372. The Morgan fingerprint density at radius 1 is 1.25 bits per heavy atom. The average Bonchev–Trinajstić information content (AvgIpc) is 2.74. The van der Waals surface area contributed by atoms with Crippen molar-refractivity contribution in [3.8, 4) is 5.88 Å². The van der Waals surface area contributed by atoms with Crippen LogP contribution in [0.15, 0.2) is 18.3 Å². The van der Waals surface area contributed by atoms with Crippen LogP contribution in [0.25, 0.3) is 0 Å². The van der Waals surface area contributed by atoms with Gasteiger partial charge in [-0.3, -0.25) is 0 Å². The van der Waals surface area contributed by atoms with Crippen LogP contribution in [-0.2, 0) is 6.54 Å². The number of pyridine rings is 1. The van der Waals surface area contributed by atoms with Gasteiger partial charge >= 0.3 is 0 Å². The summed E-state index contributed by atoms with van der Waals surface area (Å²) in [6.07, 6.45) is 7.39. The average molecular weight is 277 g/mol. The summed E-state index contributed by atoms with van der Waals surface area (Å²) in [6.45, 7) is 6.80. The molecule has 20 heavy (non-hydrogen) atoms. The van der Waals surface area contributed by atoms with Gasteiger partial charge in [-0.15, -0.1) is 0 Å². The largest absolute Gasteiger partial charge is 0.481 e. The Morgan fingerprint density at radius 3 is 2.60 bits per heavy atom. The predicted octanol–water partition coefficient (Wildman–Crippen LogP) is 2.44. The van der Waals surface area contributed by atoms with Gasteiger partial charge in [0.05, 0.1) is 7.11 Å². The number of methoxy groups -OCH3 is 1. The van der Waals surface area contributed by atoms with Crippen molar-refractivity contribution in [1.82, 2.24) is 15.2 Å². The molecule has 1 fully saturated rings. The Labute approximate surface area is 122 Å². The van der Waals surface area contributed by atoms with Crippen molar-refractivity contribution in [2.45, 2.75) is 45.2 Å². The summed E-state index contributed by atoms with van der Waals surface area (Å²) < 4.78 is 5.07. The van der Waals surface area contributed by atoms with E-state index in [0.29, 0.717) is 11.9 Å². The molecule has 4 nitrogen and oxygen atoms in total. The lowest BCUT2D eigenvalue weighted by Gasteiger charge is -2.24. The number of hydrogen-bond acceptors (Lipinski definition) is 4. The van der Waals surface area contributed by atoms with Crippen LogP contribution in [-0.4, -0.2) is 42.7 Å². The molecule has 1 atom stereocenters. The molecule has 1 aromatic heterocycles. The summed E-state index contributed by atoms with van der Waals surface area (Å²) in [4.78, 5) is 6.82. The summed E-state index contributed by atoms with van der Waals surface area (Å²) in [6, 6.07) is 4.49. The van der Waals surface area contributed by atoms with Crippen molar-refractivity contribution in [2.75, 3.05) is 26.7 Å². The summed E-state index contributed by atoms with van der Waals surface area (Å²) in [5, 5.41) is 3.58. The van der Waals surface area contributed by atoms with Crippen molar-refractivity contribution in [2.24, 2.45) is 0 Å². The molecule has 1 aliphatic heterocycles. The predicted molar refractivity (Wildman–Crippen MR) is 82.0 cm³/mol. The van der Waals surface area contributed by atoms with E-state index in [9.17, 15) is 0 Å². The van der Waals surface area contributed by atoms with Crippen LogP contribution in [0.1, 0.15) is 38.2 Å². The third-order valence-corrected chi connectivity index (χ3v) is 3.89. The molecular weight excluding hydrogens is 250 g/mol. The second kappa shape index (κ2) is 8.22. The Morgan fingerprint density at radius 2 is 2.00 bits per heavy atom. The van der Waals surface area contributed by atoms with E-state index in [2.05, 4.69) is 28.2 Å². The minimum Gasteiger partial charge on any atom is -0.481 e. The molecule has 1 saturated heterocycles. The molecule has 0 aromatic carbocycles. The van der Waals surface area contributed by atoms with Gasteiger partial charge < -0.3 is 15.0 Å². The molecule has 1 aromatic rings. The number of nitrogens with zero attached hydrogens (tertiary/aromatic N) is 2. The summed E-state index contributed by atoms with van der Waals surface area (Å²) in [5.41, 5.74) is 1.20. The molecule has 0 radical (unpaired) electrons. The van der Waals surface area contributed by atoms with Crippen LogP contribution in [0.2, 0.25) is 0 Å². The first-order valence-corrected chi connectivity index (χ1v) is 7.72. The zero-order valence-electron chi connectivity index (χ0n) is 12.8. The first-order chi connectivity index (χ1) is 9.78. The SMILES string of the molecule is COc1ccc(CN[C@@H](C)CN2CCCCCC2)cn1. The van der Waals surface area contributed by atoms with Crippen LogP contribution in [0, 0.1) is 0 Å². The van der Waals surface area contributed by atoms with Gasteiger partial charge in [-0.05, 0) is 38.4 Å². The van der Waals surface area contributed by atoms with E-state index < -0.39 is 0 Å². The third kappa shape index (κ3) is 5.10. The number of hydrogen-bond donors (Lipinski definition) is 1. The molecule has 4 heteroatoms. The van der Waals surface area contributed by atoms with Crippen molar-refractivity contribution in [3.63, 3.8) is 0 Å². The second-order valence-corrected chi connectivity index (χ2v) is 5.71. The zero-order valence-corrected chi connectivity index (χ0v) is 12.8. The number of likely N-dealkylation sites (tertiary alicyclic amines) is 1. The lowest BCUT2D eigenvalue weighted by molar-refractivity contribution is 0.255. The maximum atomic E-state index is 5.07. The second-order valence-electron chi connectivity index (χ2n) is 5.71. The van der Waals surface area contributed by atoms with E-state index in [4.69, 9.17) is 4.74 Å². The fourth-order valence-corrected chi connectivity index (χ4v) is 2.70. The van der Waals surface area contributed by atoms with E-state index in [1.807, 2.05) is 12.3 Å². The van der Waals surface area contributed by atoms with Crippen molar-refractivity contribution >= 4 is 0 Å². The fourth-order valence-electron chi connectivity index (χ4n) is 2.70. The van der Waals surface area contributed by atoms with E-state index in [-0.39, 0.29) is 0 Å². The third-order valence-electron chi connectivity index (χ3n) is 3.89. The summed E-state index contributed by atoms with van der Waals surface area (Å²) >= 11 is 0. The smallest absolute Gasteiger partial charge is 0.212 e. The Kier molecular flexibility index (Phi) is 6.27. The fraction of sp³-hybridized carbons (Fsp3) is 0.688. The molecule has 2 heterocycles. The molecule has 0 amide bonds. The molecule has 1 N–H and O–H groups in total. The maximum absolute atomic E-state index is 5.07. The van der Waals surface area contributed by atoms with Gasteiger partial charge in [0.15, 0.2) is 0 Å². The van der Waals surface area contributed by atoms with Crippen LogP contribution in [0.5, 0.6) is 5.88 Å². The number of rotatable bonds is 6. The molecule has 0 saturated carbocycles. The lowest BCUT2D eigenvalue weighted by Crippen LogP contribution is -2.39. The minimum atomic E-state index is 0.509. The highest BCUT2D eigenvalue weighted by Gasteiger charge is 2.12. The number of nitrogens with one attached hydrogen (secondary N) is 1. The van der Waals surface area contributed by atoms with Crippen LogP contribution < -0.4 is 10.1 Å². The standard InChI is InChI=1S/C16H27N3O/c1-14(13-19-9-5-3-4-6-10-19)17-11-15-7-8-16(20-2)18-12-15/h7-8,12,14,17H,3-6,9-11,13H2,1-2H3/t14-/m0/s1. The van der Waals surface area contributed by atoms with Crippen molar-refractivity contribution < 1.29 is 4.74 Å². The molecule has 112 valence electrons. The minimum absolute atomic E-state index is 0.509. The normalized spacial score (nSPS) is 18.5. The van der Waals surface area contributed by atoms with E-state index in [0.717, 1.165) is 13.1 Å². The maximum Gasteiger partial charge on any atom is 0.212 e. The molecule has 0 spiro atoms. The van der Waals surface area contributed by atoms with E-state index >= 15 is 0 Å². The number of aromatic nitrogens is 1. The van der Waals surface area contributed by atoms with Crippen LogP contribution in [0.4, 0.5) is 0 Å². The summed E-state index contributed by atoms with van der Waals surface area (Å²) in [7, 11) is 1.64. The molecule has 2 rings (SSSR count). The highest BCUT2D eigenvalue weighted by atomic mass is 16.5. The number of ether oxygens (including phenoxy) is 1. The molecular formula is C16H27N3O. The molecule has 0 unspecified atom stereocenters. The first kappa shape index (κ1) is 15.3. The molecule has 0 aliphatic carbocycles. The van der Waals surface area contributed by atoms with Gasteiger partial charge in [0.2, 0.25) is 5.88 Å². The highest BCUT2D eigenvalue weighted by molar-refractivity contribution is 5.17. The van der Waals surface area contributed by atoms with Gasteiger partial charge in [0, 0.05) is 31.4 Å². The lowest BCUT2D eigenvalue weighted by atomic mass is 10.2. The van der Waals surface area contributed by atoms with Gasteiger partial charge in [0.1, 0.15) is 0 Å².